The molecule has 2 aromatic carbocycles. The van der Waals surface area contributed by atoms with Gasteiger partial charge in [-0.15, -0.1) is 0 Å². The van der Waals surface area contributed by atoms with E-state index in [0.29, 0.717) is 12.3 Å². The van der Waals surface area contributed by atoms with Crippen LogP contribution in [0.3, 0.4) is 0 Å². The molecular formula is C24H26N2O. The molecule has 138 valence electrons. The molecular weight excluding hydrogens is 332 g/mol. The molecule has 1 atom stereocenters. The van der Waals surface area contributed by atoms with Crippen molar-refractivity contribution in [3.8, 4) is 11.9 Å². The summed E-state index contributed by atoms with van der Waals surface area (Å²) in [6, 6.07) is 21.2. The summed E-state index contributed by atoms with van der Waals surface area (Å²) >= 11 is 0. The Morgan fingerprint density at radius 1 is 1.11 bits per heavy atom. The summed E-state index contributed by atoms with van der Waals surface area (Å²) in [4.78, 5) is 4.71. The van der Waals surface area contributed by atoms with E-state index >= 15 is 0 Å². The standard InChI is InChI=1S/C24H26N2O/c1-5-19-13-20-11-12-21(14-22(20)26-23(19)27-4)24(16-25,17(2)3)15-18-9-7-6-8-10-18/h6-14,17H,5,15H2,1-4H3. The first kappa shape index (κ1) is 18.9. The molecule has 0 aliphatic heterocycles. The van der Waals surface area contributed by atoms with Gasteiger partial charge >= 0.3 is 0 Å². The molecule has 0 spiro atoms. The Morgan fingerprint density at radius 2 is 1.85 bits per heavy atom. The number of rotatable bonds is 6. The number of benzene rings is 2. The molecule has 27 heavy (non-hydrogen) atoms. The molecule has 1 unspecified atom stereocenters. The van der Waals surface area contributed by atoms with Gasteiger partial charge in [-0.05, 0) is 42.0 Å². The fourth-order valence-corrected chi connectivity index (χ4v) is 3.69. The molecule has 0 saturated heterocycles. The van der Waals surface area contributed by atoms with E-state index in [1.807, 2.05) is 18.2 Å². The van der Waals surface area contributed by atoms with Crippen LogP contribution in [0, 0.1) is 17.2 Å². The molecule has 1 aromatic heterocycles. The van der Waals surface area contributed by atoms with E-state index in [1.54, 1.807) is 7.11 Å². The van der Waals surface area contributed by atoms with E-state index in [2.05, 4.69) is 63.2 Å². The lowest BCUT2D eigenvalue weighted by Crippen LogP contribution is -2.33. The fourth-order valence-electron chi connectivity index (χ4n) is 3.69. The summed E-state index contributed by atoms with van der Waals surface area (Å²) < 4.78 is 5.46. The van der Waals surface area contributed by atoms with Crippen molar-refractivity contribution in [2.24, 2.45) is 5.92 Å². The van der Waals surface area contributed by atoms with Gasteiger partial charge < -0.3 is 4.74 Å². The van der Waals surface area contributed by atoms with Crippen LogP contribution in [0.2, 0.25) is 0 Å². The second-order valence-electron chi connectivity index (χ2n) is 7.32. The maximum atomic E-state index is 10.2. The Balaban J connectivity index is 2.14. The first-order valence-electron chi connectivity index (χ1n) is 9.47. The number of nitriles is 1. The normalized spacial score (nSPS) is 13.3. The van der Waals surface area contributed by atoms with E-state index in [-0.39, 0.29) is 5.92 Å². The summed E-state index contributed by atoms with van der Waals surface area (Å²) in [6.45, 7) is 6.33. The minimum atomic E-state index is -0.603. The molecule has 3 rings (SSSR count). The predicted molar refractivity (Wildman–Crippen MR) is 110 cm³/mol. The van der Waals surface area contributed by atoms with Gasteiger partial charge in [-0.3, -0.25) is 0 Å². The number of nitrogens with zero attached hydrogens (tertiary/aromatic N) is 2. The molecule has 0 amide bonds. The highest BCUT2D eigenvalue weighted by atomic mass is 16.5. The van der Waals surface area contributed by atoms with E-state index in [4.69, 9.17) is 9.72 Å². The van der Waals surface area contributed by atoms with Crippen molar-refractivity contribution in [2.45, 2.75) is 39.0 Å². The molecule has 3 nitrogen and oxygen atoms in total. The summed E-state index contributed by atoms with van der Waals surface area (Å²) in [5.41, 5.74) is 3.54. The van der Waals surface area contributed by atoms with E-state index < -0.39 is 5.41 Å². The van der Waals surface area contributed by atoms with Crippen molar-refractivity contribution in [1.82, 2.24) is 4.98 Å². The Hall–Kier alpha value is -2.86. The van der Waals surface area contributed by atoms with E-state index in [0.717, 1.165) is 28.5 Å². The van der Waals surface area contributed by atoms with Crippen molar-refractivity contribution < 1.29 is 4.74 Å². The molecule has 1 heterocycles. The lowest BCUT2D eigenvalue weighted by Gasteiger charge is -2.32. The number of fused-ring (bicyclic) bond motifs is 1. The molecule has 0 aliphatic carbocycles. The molecule has 0 radical (unpaired) electrons. The molecule has 0 N–H and O–H groups in total. The number of aryl methyl sites for hydroxylation is 1. The van der Waals surface area contributed by atoms with Crippen molar-refractivity contribution in [3.63, 3.8) is 0 Å². The average Bonchev–Trinajstić information content (AvgIpc) is 2.71. The minimum absolute atomic E-state index is 0.164. The SMILES string of the molecule is CCc1cc2ccc(C(C#N)(Cc3ccccc3)C(C)C)cc2nc1OC. The molecule has 3 aromatic rings. The van der Waals surface area contributed by atoms with Crippen molar-refractivity contribution in [2.75, 3.05) is 7.11 Å². The lowest BCUT2D eigenvalue weighted by atomic mass is 9.69. The van der Waals surface area contributed by atoms with Crippen LogP contribution in [-0.2, 0) is 18.3 Å². The highest BCUT2D eigenvalue weighted by molar-refractivity contribution is 5.81. The average molecular weight is 358 g/mol. The molecule has 3 heteroatoms. The summed E-state index contributed by atoms with van der Waals surface area (Å²) in [5.74, 6) is 0.828. The monoisotopic (exact) mass is 358 g/mol. The predicted octanol–water partition coefficient (Wildman–Crippen LogP) is 5.47. The highest BCUT2D eigenvalue weighted by Gasteiger charge is 2.36. The Morgan fingerprint density at radius 3 is 2.44 bits per heavy atom. The zero-order valence-corrected chi connectivity index (χ0v) is 16.5. The second-order valence-corrected chi connectivity index (χ2v) is 7.32. The summed E-state index contributed by atoms with van der Waals surface area (Å²) in [6.07, 6.45) is 1.55. The number of pyridine rings is 1. The first-order valence-corrected chi connectivity index (χ1v) is 9.47. The zero-order chi connectivity index (χ0) is 19.4. The van der Waals surface area contributed by atoms with Crippen LogP contribution in [-0.4, -0.2) is 12.1 Å². The van der Waals surface area contributed by atoms with Gasteiger partial charge in [0.1, 0.15) is 0 Å². The quantitative estimate of drug-likeness (QED) is 0.587. The van der Waals surface area contributed by atoms with Crippen LogP contribution in [0.25, 0.3) is 10.9 Å². The van der Waals surface area contributed by atoms with Crippen LogP contribution in [0.4, 0.5) is 0 Å². The summed E-state index contributed by atoms with van der Waals surface area (Å²) in [5, 5.41) is 11.3. The smallest absolute Gasteiger partial charge is 0.216 e. The zero-order valence-electron chi connectivity index (χ0n) is 16.5. The maximum absolute atomic E-state index is 10.2. The van der Waals surface area contributed by atoms with Crippen molar-refractivity contribution in [1.29, 1.82) is 5.26 Å². The van der Waals surface area contributed by atoms with Crippen LogP contribution >= 0.6 is 0 Å². The van der Waals surface area contributed by atoms with Crippen LogP contribution in [0.15, 0.2) is 54.6 Å². The first-order chi connectivity index (χ1) is 13.0. The van der Waals surface area contributed by atoms with Gasteiger partial charge in [0, 0.05) is 10.9 Å². The number of hydrogen-bond donors (Lipinski definition) is 0. The van der Waals surface area contributed by atoms with Crippen LogP contribution in [0.5, 0.6) is 5.88 Å². The van der Waals surface area contributed by atoms with Gasteiger partial charge in [-0.1, -0.05) is 63.2 Å². The van der Waals surface area contributed by atoms with Gasteiger partial charge in [0.2, 0.25) is 5.88 Å². The molecule has 0 saturated carbocycles. The lowest BCUT2D eigenvalue weighted by molar-refractivity contribution is 0.391. The Bertz CT molecular complexity index is 973. The largest absolute Gasteiger partial charge is 0.481 e. The van der Waals surface area contributed by atoms with Crippen LogP contribution < -0.4 is 4.74 Å². The highest BCUT2D eigenvalue weighted by Crippen LogP contribution is 2.37. The van der Waals surface area contributed by atoms with Crippen LogP contribution in [0.1, 0.15) is 37.5 Å². The van der Waals surface area contributed by atoms with Gasteiger partial charge in [0.05, 0.1) is 24.1 Å². The van der Waals surface area contributed by atoms with Gasteiger partial charge in [-0.2, -0.15) is 5.26 Å². The minimum Gasteiger partial charge on any atom is -0.481 e. The number of hydrogen-bond acceptors (Lipinski definition) is 3. The summed E-state index contributed by atoms with van der Waals surface area (Å²) in [7, 11) is 1.65. The topological polar surface area (TPSA) is 45.9 Å². The number of methoxy groups -OCH3 is 1. The number of ether oxygens (including phenoxy) is 1. The third kappa shape index (κ3) is 3.53. The van der Waals surface area contributed by atoms with Crippen molar-refractivity contribution >= 4 is 10.9 Å². The van der Waals surface area contributed by atoms with E-state index in [9.17, 15) is 5.26 Å². The van der Waals surface area contributed by atoms with Gasteiger partial charge in [-0.25, -0.2) is 4.98 Å². The Kier molecular flexibility index (Phi) is 5.46. The molecule has 0 bridgehead atoms. The van der Waals surface area contributed by atoms with Crippen molar-refractivity contribution in [3.05, 3.63) is 71.3 Å². The third-order valence-corrected chi connectivity index (χ3v) is 5.46. The fraction of sp³-hybridized carbons (Fsp3) is 0.333. The van der Waals surface area contributed by atoms with E-state index in [1.165, 1.54) is 5.56 Å². The third-order valence-electron chi connectivity index (χ3n) is 5.46. The Labute approximate surface area is 161 Å². The van der Waals surface area contributed by atoms with Gasteiger partial charge in [0.15, 0.2) is 0 Å². The molecule has 0 fully saturated rings. The van der Waals surface area contributed by atoms with Gasteiger partial charge in [0.25, 0.3) is 0 Å². The second kappa shape index (κ2) is 7.80. The number of aromatic nitrogens is 1. The maximum Gasteiger partial charge on any atom is 0.216 e. The molecule has 0 aliphatic rings.